The maximum atomic E-state index is 12.5. The fourth-order valence-corrected chi connectivity index (χ4v) is 5.29. The predicted molar refractivity (Wildman–Crippen MR) is 137 cm³/mol. The third-order valence-electron chi connectivity index (χ3n) is 4.80. The summed E-state index contributed by atoms with van der Waals surface area (Å²) in [5, 5.41) is 10.9. The number of hydrogen-bond acceptors (Lipinski definition) is 9. The number of amides is 2. The molecule has 0 saturated heterocycles. The van der Waals surface area contributed by atoms with Crippen LogP contribution < -0.4 is 11.1 Å². The number of benzene rings is 1. The monoisotopic (exact) mass is 524 g/mol. The van der Waals surface area contributed by atoms with Crippen molar-refractivity contribution in [3.63, 3.8) is 0 Å². The van der Waals surface area contributed by atoms with E-state index in [1.54, 1.807) is 44.4 Å². The van der Waals surface area contributed by atoms with E-state index in [1.165, 1.54) is 16.4 Å². The topological polar surface area (TPSA) is 151 Å². The Morgan fingerprint density at radius 3 is 2.37 bits per heavy atom. The Labute approximate surface area is 209 Å². The van der Waals surface area contributed by atoms with Crippen LogP contribution in [0.3, 0.4) is 0 Å². The van der Waals surface area contributed by atoms with Gasteiger partial charge in [0, 0.05) is 12.1 Å². The lowest BCUT2D eigenvalue weighted by Gasteiger charge is -2.16. The van der Waals surface area contributed by atoms with E-state index in [1.807, 2.05) is 6.07 Å². The molecule has 192 valence electrons. The Morgan fingerprint density at radius 2 is 1.77 bits per heavy atom. The maximum Gasteiger partial charge on any atom is 0.330 e. The van der Waals surface area contributed by atoms with Gasteiger partial charge in [0.05, 0.1) is 19.4 Å². The predicted octanol–water partition coefficient (Wildman–Crippen LogP) is 3.98. The summed E-state index contributed by atoms with van der Waals surface area (Å²) in [4.78, 5) is 28.8. The molecule has 0 saturated carbocycles. The molecule has 11 nitrogen and oxygen atoms in total. The van der Waals surface area contributed by atoms with Gasteiger partial charge in [-0.2, -0.15) is 0 Å². The molecule has 2 rings (SSSR count). The summed E-state index contributed by atoms with van der Waals surface area (Å²) in [6, 6.07) is 8.73. The van der Waals surface area contributed by atoms with Crippen molar-refractivity contribution >= 4 is 42.2 Å². The Morgan fingerprint density at radius 1 is 1.11 bits per heavy atom. The second-order valence-corrected chi connectivity index (χ2v) is 10.4. The van der Waals surface area contributed by atoms with Crippen LogP contribution in [0.25, 0.3) is 0 Å². The van der Waals surface area contributed by atoms with Crippen LogP contribution in [0.15, 0.2) is 35.3 Å². The van der Waals surface area contributed by atoms with Crippen LogP contribution >= 0.6 is 19.4 Å². The Bertz CT molecular complexity index is 1040. The van der Waals surface area contributed by atoms with Crippen LogP contribution in [0.2, 0.25) is 0 Å². The van der Waals surface area contributed by atoms with Crippen molar-refractivity contribution in [1.82, 2.24) is 20.3 Å². The normalized spacial score (nSPS) is 12.0. The molecular formula is C22H33N6O5PS. The smallest absolute Gasteiger partial charge is 0.330 e. The van der Waals surface area contributed by atoms with Gasteiger partial charge in [0.1, 0.15) is 0 Å². The third-order valence-corrected chi connectivity index (χ3v) is 7.55. The molecule has 35 heavy (non-hydrogen) atoms. The molecular weight excluding hydrogens is 491 g/mol. The van der Waals surface area contributed by atoms with Crippen molar-refractivity contribution in [2.24, 2.45) is 10.7 Å². The SMILES string of the molecule is CCOP(=O)(CCCCCCn1nnc(C(N)=O)c1/N=C(/NC(=O)c1ccccc1)SC)OCC. The molecule has 0 aliphatic heterocycles. The van der Waals surface area contributed by atoms with Crippen molar-refractivity contribution < 1.29 is 23.2 Å². The fourth-order valence-electron chi connectivity index (χ4n) is 3.19. The van der Waals surface area contributed by atoms with Crippen molar-refractivity contribution in [1.29, 1.82) is 0 Å². The lowest BCUT2D eigenvalue weighted by molar-refractivity contribution is 0.0975. The molecule has 1 aromatic carbocycles. The first-order valence-electron chi connectivity index (χ1n) is 11.4. The fraction of sp³-hybridized carbons (Fsp3) is 0.500. The van der Waals surface area contributed by atoms with Gasteiger partial charge in [-0.15, -0.1) is 5.10 Å². The first-order chi connectivity index (χ1) is 16.8. The van der Waals surface area contributed by atoms with Gasteiger partial charge >= 0.3 is 7.60 Å². The number of thioether (sulfide) groups is 1. The standard InChI is InChI=1S/C22H33N6O5PS/c1-4-32-34(31,33-5-2)16-12-7-6-11-15-28-20(18(19(23)29)26-27-28)24-22(35-3)25-21(30)17-13-9-8-10-14-17/h8-10,13-14H,4-7,11-12,15-16H2,1-3H3,(H2,23,29)(H,24,25,30). The zero-order valence-electron chi connectivity index (χ0n) is 20.3. The van der Waals surface area contributed by atoms with Crippen LogP contribution in [0.5, 0.6) is 0 Å². The van der Waals surface area contributed by atoms with Gasteiger partial charge in [-0.05, 0) is 45.1 Å². The van der Waals surface area contributed by atoms with Gasteiger partial charge in [-0.3, -0.25) is 14.2 Å². The Balaban J connectivity index is 2.00. The molecule has 0 atom stereocenters. The van der Waals surface area contributed by atoms with Crippen molar-refractivity contribution in [3.8, 4) is 0 Å². The van der Waals surface area contributed by atoms with Gasteiger partial charge < -0.3 is 20.1 Å². The molecule has 0 radical (unpaired) electrons. The number of primary amides is 1. The molecule has 0 unspecified atom stereocenters. The molecule has 0 aliphatic rings. The summed E-state index contributed by atoms with van der Waals surface area (Å²) in [6.07, 6.45) is 5.20. The summed E-state index contributed by atoms with van der Waals surface area (Å²) in [5.41, 5.74) is 5.86. The van der Waals surface area contributed by atoms with Gasteiger partial charge in [0.2, 0.25) is 0 Å². The van der Waals surface area contributed by atoms with Gasteiger partial charge in [-0.25, -0.2) is 9.67 Å². The van der Waals surface area contributed by atoms with Gasteiger partial charge in [0.15, 0.2) is 16.7 Å². The Kier molecular flexibility index (Phi) is 12.1. The number of amidine groups is 1. The molecule has 0 aliphatic carbocycles. The highest BCUT2D eigenvalue weighted by Crippen LogP contribution is 2.48. The zero-order valence-corrected chi connectivity index (χ0v) is 22.0. The second-order valence-electron chi connectivity index (χ2n) is 7.37. The molecule has 0 bridgehead atoms. The van der Waals surface area contributed by atoms with E-state index >= 15 is 0 Å². The first kappa shape index (κ1) is 28.7. The van der Waals surface area contributed by atoms with E-state index in [-0.39, 0.29) is 22.6 Å². The molecule has 0 spiro atoms. The number of nitrogens with zero attached hydrogens (tertiary/aromatic N) is 4. The van der Waals surface area contributed by atoms with E-state index in [4.69, 9.17) is 14.8 Å². The molecule has 13 heteroatoms. The summed E-state index contributed by atoms with van der Waals surface area (Å²) in [5.74, 6) is -0.894. The number of rotatable bonds is 14. The van der Waals surface area contributed by atoms with Gasteiger partial charge in [-0.1, -0.05) is 48.0 Å². The van der Waals surface area contributed by atoms with Crippen LogP contribution in [-0.4, -0.2) is 57.6 Å². The lowest BCUT2D eigenvalue weighted by Crippen LogP contribution is -2.28. The molecule has 0 fully saturated rings. The van der Waals surface area contributed by atoms with E-state index in [2.05, 4.69) is 20.6 Å². The number of aromatic nitrogens is 3. The number of nitrogens with two attached hydrogens (primary N) is 1. The summed E-state index contributed by atoms with van der Waals surface area (Å²) < 4.78 is 24.6. The number of carbonyl (C=O) groups excluding carboxylic acids is 2. The van der Waals surface area contributed by atoms with Crippen molar-refractivity contribution in [2.75, 3.05) is 25.6 Å². The van der Waals surface area contributed by atoms with Crippen molar-refractivity contribution in [3.05, 3.63) is 41.6 Å². The third kappa shape index (κ3) is 9.21. The molecule has 1 heterocycles. The van der Waals surface area contributed by atoms with Crippen LogP contribution in [0.4, 0.5) is 5.82 Å². The number of nitrogens with one attached hydrogen (secondary N) is 1. The van der Waals surface area contributed by atoms with E-state index in [0.29, 0.717) is 37.9 Å². The summed E-state index contributed by atoms with van der Waals surface area (Å²) in [6.45, 7) is 4.72. The first-order valence-corrected chi connectivity index (χ1v) is 14.4. The molecule has 3 N–H and O–H groups in total. The van der Waals surface area contributed by atoms with E-state index in [9.17, 15) is 14.2 Å². The average Bonchev–Trinajstić information content (AvgIpc) is 3.24. The van der Waals surface area contributed by atoms with Crippen molar-refractivity contribution in [2.45, 2.75) is 46.1 Å². The zero-order chi connectivity index (χ0) is 25.7. The highest BCUT2D eigenvalue weighted by molar-refractivity contribution is 8.13. The molecule has 2 amide bonds. The summed E-state index contributed by atoms with van der Waals surface area (Å²) in [7, 11) is -3.03. The highest BCUT2D eigenvalue weighted by Gasteiger charge is 2.22. The minimum Gasteiger partial charge on any atom is -0.364 e. The summed E-state index contributed by atoms with van der Waals surface area (Å²) >= 11 is 1.21. The average molecular weight is 525 g/mol. The van der Waals surface area contributed by atoms with Crippen LogP contribution in [0, 0.1) is 0 Å². The van der Waals surface area contributed by atoms with Crippen LogP contribution in [0.1, 0.15) is 60.4 Å². The minimum atomic E-state index is -3.03. The molecule has 1 aromatic heterocycles. The minimum absolute atomic E-state index is 0.0696. The molecule has 2 aromatic rings. The van der Waals surface area contributed by atoms with E-state index in [0.717, 1.165) is 19.3 Å². The quantitative estimate of drug-likeness (QED) is 0.163. The van der Waals surface area contributed by atoms with Crippen LogP contribution in [-0.2, 0) is 20.2 Å². The lowest BCUT2D eigenvalue weighted by atomic mass is 10.2. The largest absolute Gasteiger partial charge is 0.364 e. The number of aryl methyl sites for hydroxylation is 1. The van der Waals surface area contributed by atoms with Gasteiger partial charge in [0.25, 0.3) is 11.8 Å². The second kappa shape index (κ2) is 14.8. The van der Waals surface area contributed by atoms with E-state index < -0.39 is 13.5 Å². The Hall–Kier alpha value is -2.53. The number of unbranched alkanes of at least 4 members (excludes halogenated alkanes) is 3. The maximum absolute atomic E-state index is 12.5. The number of hydrogen-bond donors (Lipinski definition) is 2. The number of aliphatic imine (C=N–C) groups is 1. The highest BCUT2D eigenvalue weighted by atomic mass is 32.2. The number of carbonyl (C=O) groups is 2.